The number of rotatable bonds is 7. The van der Waals surface area contributed by atoms with Crippen LogP contribution in [0.15, 0.2) is 39.8 Å². The van der Waals surface area contributed by atoms with Crippen LogP contribution in [0.1, 0.15) is 13.8 Å². The van der Waals surface area contributed by atoms with E-state index in [0.29, 0.717) is 21.1 Å². The standard InChI is InChI=1S/C15H18BrFN4OS/c1-9(2)13(8-22)20-14-12(16)7-18-15(21-14)19-10-3-5-11(23-17)6-4-10/h3-7,9,13,22H,8H2,1-2H3,(H2,18,19,20,21). The van der Waals surface area contributed by atoms with Gasteiger partial charge in [0.25, 0.3) is 0 Å². The molecule has 5 nitrogen and oxygen atoms in total. The number of hydrogen-bond acceptors (Lipinski definition) is 6. The molecule has 0 saturated heterocycles. The van der Waals surface area contributed by atoms with Crippen molar-refractivity contribution in [2.45, 2.75) is 24.8 Å². The molecule has 0 saturated carbocycles. The van der Waals surface area contributed by atoms with Crippen molar-refractivity contribution < 1.29 is 8.99 Å². The summed E-state index contributed by atoms with van der Waals surface area (Å²) in [4.78, 5) is 9.15. The van der Waals surface area contributed by atoms with Gasteiger partial charge in [0, 0.05) is 16.8 Å². The first kappa shape index (κ1) is 18.0. The fraction of sp³-hybridized carbons (Fsp3) is 0.333. The molecule has 2 rings (SSSR count). The zero-order valence-corrected chi connectivity index (χ0v) is 15.2. The van der Waals surface area contributed by atoms with Crippen LogP contribution in [0.3, 0.4) is 0 Å². The van der Waals surface area contributed by atoms with Crippen molar-refractivity contribution in [2.75, 3.05) is 17.2 Å². The van der Waals surface area contributed by atoms with Crippen LogP contribution in [-0.4, -0.2) is 27.7 Å². The lowest BCUT2D eigenvalue weighted by molar-refractivity contribution is 0.249. The summed E-state index contributed by atoms with van der Waals surface area (Å²) in [6.07, 6.45) is 1.64. The molecule has 8 heteroatoms. The van der Waals surface area contributed by atoms with E-state index < -0.39 is 0 Å². The Balaban J connectivity index is 2.15. The summed E-state index contributed by atoms with van der Waals surface area (Å²) < 4.78 is 13.2. The first-order valence-electron chi connectivity index (χ1n) is 7.09. The normalized spacial score (nSPS) is 12.3. The molecule has 0 amide bonds. The van der Waals surface area contributed by atoms with Gasteiger partial charge in [-0.25, -0.2) is 4.98 Å². The van der Waals surface area contributed by atoms with Crippen LogP contribution >= 0.6 is 28.1 Å². The van der Waals surface area contributed by atoms with Gasteiger partial charge in [0.15, 0.2) is 0 Å². The monoisotopic (exact) mass is 400 g/mol. The van der Waals surface area contributed by atoms with Gasteiger partial charge in [0.2, 0.25) is 5.95 Å². The molecule has 2 aromatic rings. The first-order valence-corrected chi connectivity index (χ1v) is 8.60. The fourth-order valence-corrected chi connectivity index (χ4v) is 2.39. The number of aromatic nitrogens is 2. The van der Waals surface area contributed by atoms with Gasteiger partial charge in [-0.05, 0) is 46.1 Å². The highest BCUT2D eigenvalue weighted by Crippen LogP contribution is 2.25. The van der Waals surface area contributed by atoms with Crippen molar-refractivity contribution in [3.8, 4) is 0 Å². The number of hydrogen-bond donors (Lipinski definition) is 3. The second-order valence-corrected chi connectivity index (χ2v) is 6.77. The van der Waals surface area contributed by atoms with E-state index in [9.17, 15) is 8.99 Å². The van der Waals surface area contributed by atoms with Crippen molar-refractivity contribution in [1.82, 2.24) is 9.97 Å². The largest absolute Gasteiger partial charge is 0.394 e. The minimum atomic E-state index is -0.102. The van der Waals surface area contributed by atoms with Gasteiger partial charge < -0.3 is 15.7 Å². The predicted molar refractivity (Wildman–Crippen MR) is 95.8 cm³/mol. The minimum absolute atomic E-state index is 0.0131. The third kappa shape index (κ3) is 5.05. The molecule has 0 fully saturated rings. The molecule has 124 valence electrons. The van der Waals surface area contributed by atoms with E-state index >= 15 is 0 Å². The summed E-state index contributed by atoms with van der Waals surface area (Å²) >= 11 is 3.60. The number of aliphatic hydroxyl groups is 1. The second kappa shape index (κ2) is 8.47. The van der Waals surface area contributed by atoms with E-state index in [1.54, 1.807) is 30.5 Å². The first-order chi connectivity index (χ1) is 11.0. The highest BCUT2D eigenvalue weighted by atomic mass is 79.9. The molecule has 0 aliphatic heterocycles. The maximum absolute atomic E-state index is 12.4. The van der Waals surface area contributed by atoms with Gasteiger partial charge in [-0.15, -0.1) is 0 Å². The summed E-state index contributed by atoms with van der Waals surface area (Å²) in [5, 5.41) is 15.7. The average Bonchev–Trinajstić information content (AvgIpc) is 2.55. The highest BCUT2D eigenvalue weighted by Gasteiger charge is 2.15. The van der Waals surface area contributed by atoms with Crippen LogP contribution < -0.4 is 10.6 Å². The van der Waals surface area contributed by atoms with Crippen molar-refractivity contribution in [3.05, 3.63) is 34.9 Å². The van der Waals surface area contributed by atoms with Crippen LogP contribution in [0.5, 0.6) is 0 Å². The SMILES string of the molecule is CC(C)C(CO)Nc1nc(Nc2ccc(SF)cc2)ncc1Br. The Morgan fingerprint density at radius 3 is 2.57 bits per heavy atom. The molecule has 1 aromatic carbocycles. The lowest BCUT2D eigenvalue weighted by Gasteiger charge is -2.21. The van der Waals surface area contributed by atoms with Crippen LogP contribution in [-0.2, 0) is 0 Å². The van der Waals surface area contributed by atoms with E-state index in [1.807, 2.05) is 13.8 Å². The molecule has 1 unspecified atom stereocenters. The van der Waals surface area contributed by atoms with Crippen LogP contribution in [0.25, 0.3) is 0 Å². The molecular weight excluding hydrogens is 383 g/mol. The quantitative estimate of drug-likeness (QED) is 0.640. The molecular formula is C15H18BrFN4OS. The van der Waals surface area contributed by atoms with Gasteiger partial charge >= 0.3 is 0 Å². The Morgan fingerprint density at radius 2 is 2.00 bits per heavy atom. The molecule has 0 spiro atoms. The van der Waals surface area contributed by atoms with Crippen LogP contribution in [0.2, 0.25) is 0 Å². The number of halogens is 2. The lowest BCUT2D eigenvalue weighted by Crippen LogP contribution is -2.30. The third-order valence-electron chi connectivity index (χ3n) is 3.27. The van der Waals surface area contributed by atoms with E-state index in [4.69, 9.17) is 0 Å². The molecule has 0 radical (unpaired) electrons. The fourth-order valence-electron chi connectivity index (χ4n) is 1.85. The molecule has 0 bridgehead atoms. The smallest absolute Gasteiger partial charge is 0.229 e. The predicted octanol–water partition coefficient (Wildman–Crippen LogP) is 4.39. The van der Waals surface area contributed by atoms with Gasteiger partial charge in [-0.1, -0.05) is 13.8 Å². The van der Waals surface area contributed by atoms with E-state index in [1.165, 1.54) is 0 Å². The lowest BCUT2D eigenvalue weighted by atomic mass is 10.1. The Bertz CT molecular complexity index is 642. The van der Waals surface area contributed by atoms with E-state index in [-0.39, 0.29) is 30.7 Å². The zero-order chi connectivity index (χ0) is 16.8. The summed E-state index contributed by atoms with van der Waals surface area (Å²) in [5.41, 5.74) is 0.763. The number of anilines is 3. The van der Waals surface area contributed by atoms with Gasteiger partial charge in [0.05, 0.1) is 29.3 Å². The van der Waals surface area contributed by atoms with Gasteiger partial charge in [-0.3, -0.25) is 0 Å². The van der Waals surface area contributed by atoms with Gasteiger partial charge in [-0.2, -0.15) is 8.87 Å². The number of nitrogens with one attached hydrogen (secondary N) is 2. The summed E-state index contributed by atoms with van der Waals surface area (Å²) in [6.45, 7) is 4.05. The Hall–Kier alpha value is -1.38. The van der Waals surface area contributed by atoms with Crippen molar-refractivity contribution in [1.29, 1.82) is 0 Å². The third-order valence-corrected chi connectivity index (χ3v) is 4.30. The number of aliphatic hydroxyl groups excluding tert-OH is 1. The molecule has 3 N–H and O–H groups in total. The number of benzene rings is 1. The average molecular weight is 401 g/mol. The van der Waals surface area contributed by atoms with Crippen LogP contribution in [0.4, 0.5) is 21.3 Å². The molecule has 1 atom stereocenters. The molecule has 0 aliphatic carbocycles. The maximum atomic E-state index is 12.4. The topological polar surface area (TPSA) is 70.1 Å². The molecule has 0 aliphatic rings. The summed E-state index contributed by atoms with van der Waals surface area (Å²) in [5.74, 6) is 1.27. The Kier molecular flexibility index (Phi) is 6.61. The van der Waals surface area contributed by atoms with Gasteiger partial charge in [0.1, 0.15) is 5.82 Å². The molecule has 23 heavy (non-hydrogen) atoms. The van der Waals surface area contributed by atoms with E-state index in [0.717, 1.165) is 5.69 Å². The summed E-state index contributed by atoms with van der Waals surface area (Å²) in [6, 6.07) is 6.75. The molecule has 1 aromatic heterocycles. The maximum Gasteiger partial charge on any atom is 0.229 e. The number of nitrogens with zero attached hydrogens (tertiary/aromatic N) is 2. The Labute approximate surface area is 147 Å². The van der Waals surface area contributed by atoms with Crippen molar-refractivity contribution in [3.63, 3.8) is 0 Å². The molecule has 1 heterocycles. The highest BCUT2D eigenvalue weighted by molar-refractivity contribution is 9.10. The van der Waals surface area contributed by atoms with Crippen LogP contribution in [0, 0.1) is 5.92 Å². The minimum Gasteiger partial charge on any atom is -0.394 e. The summed E-state index contributed by atoms with van der Waals surface area (Å²) in [7, 11) is 0. The second-order valence-electron chi connectivity index (χ2n) is 5.29. The van der Waals surface area contributed by atoms with Crippen molar-refractivity contribution in [2.24, 2.45) is 5.92 Å². The van der Waals surface area contributed by atoms with E-state index in [2.05, 4.69) is 36.5 Å². The Morgan fingerprint density at radius 1 is 1.30 bits per heavy atom. The van der Waals surface area contributed by atoms with Crippen molar-refractivity contribution >= 4 is 45.5 Å². The zero-order valence-electron chi connectivity index (χ0n) is 12.8.